The molecule has 2 aromatic heterocycles. The molecule has 0 aliphatic carbocycles. The van der Waals surface area contributed by atoms with Crippen molar-refractivity contribution in [3.63, 3.8) is 0 Å². The van der Waals surface area contributed by atoms with Crippen LogP contribution in [0.1, 0.15) is 85.5 Å². The van der Waals surface area contributed by atoms with Crippen molar-refractivity contribution >= 4 is 73.5 Å². The maximum Gasteiger partial charge on any atom is 0.246 e. The zero-order chi connectivity index (χ0) is 55.5. The van der Waals surface area contributed by atoms with Gasteiger partial charge < -0.3 is 35.6 Å². The lowest BCUT2D eigenvalue weighted by atomic mass is 9.84. The van der Waals surface area contributed by atoms with Crippen molar-refractivity contribution in [3.8, 4) is 0 Å². The van der Waals surface area contributed by atoms with E-state index in [-0.39, 0.29) is 46.7 Å². The highest BCUT2D eigenvalue weighted by molar-refractivity contribution is 9.10. The van der Waals surface area contributed by atoms with E-state index in [9.17, 15) is 40.7 Å². The molecule has 0 bridgehead atoms. The van der Waals surface area contributed by atoms with Crippen molar-refractivity contribution in [3.05, 3.63) is 154 Å². The first-order valence-corrected chi connectivity index (χ1v) is 27.4. The maximum atomic E-state index is 13.5. The molecule has 4 aliphatic heterocycles. The average molecular weight is 1140 g/mol. The van der Waals surface area contributed by atoms with Gasteiger partial charge in [0.25, 0.3) is 0 Å². The number of nitrogens with two attached hydrogens (primary N) is 1. The Bertz CT molecular complexity index is 3070. The van der Waals surface area contributed by atoms with Gasteiger partial charge in [-0.2, -0.15) is 0 Å². The molecular formula is C59H65BrF6N8O4. The van der Waals surface area contributed by atoms with E-state index < -0.39 is 45.6 Å². The van der Waals surface area contributed by atoms with Crippen LogP contribution in [-0.4, -0.2) is 119 Å². The predicted octanol–water partition coefficient (Wildman–Crippen LogP) is 10.9. The number of hydrogen-bond donors (Lipinski definition) is 5. The quantitative estimate of drug-likeness (QED) is 0.0217. The number of methoxy groups -OCH3 is 1. The summed E-state index contributed by atoms with van der Waals surface area (Å²) in [6.45, 7) is 5.98. The van der Waals surface area contributed by atoms with Crippen LogP contribution in [0.15, 0.2) is 97.3 Å². The molecule has 10 rings (SSSR count). The Hall–Kier alpha value is -6.70. The van der Waals surface area contributed by atoms with E-state index in [4.69, 9.17) is 15.9 Å². The Labute approximate surface area is 458 Å². The van der Waals surface area contributed by atoms with Gasteiger partial charge in [0.15, 0.2) is 40.8 Å². The highest BCUT2D eigenvalue weighted by Gasteiger charge is 2.38. The van der Waals surface area contributed by atoms with Crippen LogP contribution in [0.25, 0.3) is 34.0 Å². The zero-order valence-corrected chi connectivity index (χ0v) is 45.0. The Morgan fingerprint density at radius 2 is 1.04 bits per heavy atom. The number of nitrogens with one attached hydrogen (secondary N) is 4. The van der Waals surface area contributed by atoms with E-state index in [2.05, 4.69) is 91.0 Å². The highest BCUT2D eigenvalue weighted by atomic mass is 79.9. The van der Waals surface area contributed by atoms with Crippen LogP contribution in [-0.2, 0) is 19.1 Å². The maximum absolute atomic E-state index is 13.5. The number of aromatic nitrogens is 2. The van der Waals surface area contributed by atoms with E-state index in [0.29, 0.717) is 44.9 Å². The largest absolute Gasteiger partial charge is 0.483 e. The van der Waals surface area contributed by atoms with E-state index in [0.717, 1.165) is 87.6 Å². The summed E-state index contributed by atoms with van der Waals surface area (Å²) in [5.74, 6) is -7.59. The van der Waals surface area contributed by atoms with E-state index in [1.54, 1.807) is 16.9 Å². The number of carbonyl (C=O) groups excluding carboxylic acids is 3. The Kier molecular flexibility index (Phi) is 19.7. The van der Waals surface area contributed by atoms with Gasteiger partial charge in [-0.3, -0.25) is 24.7 Å². The number of amides is 3. The molecule has 3 amide bonds. The monoisotopic (exact) mass is 1140 g/mol. The SMILES string of the molecule is COC(=N)C(C1CCN(C(=O)/C=C/c2cc(F)c(F)c(F)c2)CC1)N1CCC(c2c[nH]c3ccccc23)CC1.NC(=O)C(Br)C1CCN(C(=O)/C=C/c2cc(F)c(F)c(F)c2)CC1.c1ccc2c(C3CCNCC3)c[nH]c2c1. The Morgan fingerprint density at radius 1 is 0.628 bits per heavy atom. The molecule has 4 fully saturated rings. The van der Waals surface area contributed by atoms with Gasteiger partial charge in [-0.25, -0.2) is 26.3 Å². The first-order chi connectivity index (χ1) is 37.6. The summed E-state index contributed by atoms with van der Waals surface area (Å²) in [6, 6.07) is 20.2. The molecule has 6 heterocycles. The number of ether oxygens (including phenoxy) is 1. The smallest absolute Gasteiger partial charge is 0.246 e. The molecule has 19 heteroatoms. The summed E-state index contributed by atoms with van der Waals surface area (Å²) in [4.78, 5) is 47.9. The van der Waals surface area contributed by atoms with Gasteiger partial charge in [0.05, 0.1) is 18.0 Å². The molecule has 0 saturated carbocycles. The zero-order valence-electron chi connectivity index (χ0n) is 43.4. The first-order valence-electron chi connectivity index (χ1n) is 26.5. The number of primary amides is 1. The molecule has 4 aromatic carbocycles. The van der Waals surface area contributed by atoms with Gasteiger partial charge in [-0.05, 0) is 172 Å². The average Bonchev–Trinajstić information content (AvgIpc) is 4.12. The molecule has 78 heavy (non-hydrogen) atoms. The van der Waals surface area contributed by atoms with Gasteiger partial charge in [-0.1, -0.05) is 52.3 Å². The molecule has 0 radical (unpaired) electrons. The molecular weight excluding hydrogens is 1080 g/mol. The van der Waals surface area contributed by atoms with Crippen molar-refractivity contribution in [2.24, 2.45) is 17.6 Å². The van der Waals surface area contributed by atoms with Crippen molar-refractivity contribution in [2.45, 2.75) is 74.1 Å². The number of halogens is 7. The van der Waals surface area contributed by atoms with Crippen molar-refractivity contribution in [1.29, 1.82) is 5.41 Å². The van der Waals surface area contributed by atoms with E-state index in [1.165, 1.54) is 64.6 Å². The lowest BCUT2D eigenvalue weighted by Crippen LogP contribution is -2.52. The van der Waals surface area contributed by atoms with E-state index >= 15 is 0 Å². The number of alkyl halides is 1. The van der Waals surface area contributed by atoms with Gasteiger partial charge in [0.2, 0.25) is 17.7 Å². The fraction of sp³-hybridized carbons (Fsp3) is 0.390. The number of hydrogen-bond acceptors (Lipinski definition) is 7. The van der Waals surface area contributed by atoms with Crippen molar-refractivity contribution in [2.75, 3.05) is 59.5 Å². The molecule has 6 aromatic rings. The minimum Gasteiger partial charge on any atom is -0.483 e. The Balaban J connectivity index is 0.000000173. The number of H-pyrrole nitrogens is 2. The first kappa shape index (κ1) is 57.5. The predicted molar refractivity (Wildman–Crippen MR) is 295 cm³/mol. The van der Waals surface area contributed by atoms with Crippen LogP contribution in [0.2, 0.25) is 0 Å². The van der Waals surface area contributed by atoms with Crippen LogP contribution >= 0.6 is 15.9 Å². The summed E-state index contributed by atoms with van der Waals surface area (Å²) >= 11 is 3.25. The standard InChI is InChI=1S/C30H33F3N4O2.C16H16BrF3N2O2.C13H16N2/c1-39-30(34)29(37-14-8-20(9-15-37)23-18-35-26-5-3-2-4-22(23)26)21-10-12-36(13-11-21)27(38)7-6-19-16-24(31)28(33)25(32)17-19;17-14(16(21)24)10-3-5-22(6-4-10)13(23)2-1-9-7-11(18)15(20)12(19)8-9;1-2-4-13-11(3-1)12(9-15-13)10-5-7-14-8-6-10/h2-7,16-18,20-21,29,34-35H,8-15H2,1H3;1-2,7-8,10,14H,3-6H2,(H2,21,24);1-4,9-10,14-15H,5-8H2/b7-6+,34-30?;2-1+;. The normalized spacial score (nSPS) is 18.2. The Morgan fingerprint density at radius 3 is 1.46 bits per heavy atom. The highest BCUT2D eigenvalue weighted by Crippen LogP contribution is 2.36. The summed E-state index contributed by atoms with van der Waals surface area (Å²) in [5, 5.41) is 14.7. The second kappa shape index (κ2) is 26.8. The third kappa shape index (κ3) is 14.1. The van der Waals surface area contributed by atoms with Crippen LogP contribution in [0, 0.1) is 52.1 Å². The summed E-state index contributed by atoms with van der Waals surface area (Å²) in [7, 11) is 1.54. The second-order valence-corrected chi connectivity index (χ2v) is 21.3. The van der Waals surface area contributed by atoms with Crippen molar-refractivity contribution < 1.29 is 45.5 Å². The lowest BCUT2D eigenvalue weighted by molar-refractivity contribution is -0.128. The second-order valence-electron chi connectivity index (χ2n) is 20.3. The number of aromatic amines is 2. The van der Waals surface area contributed by atoms with Gasteiger partial charge in [-0.15, -0.1) is 0 Å². The molecule has 6 N–H and O–H groups in total. The van der Waals surface area contributed by atoms with Gasteiger partial charge in [0.1, 0.15) is 0 Å². The number of likely N-dealkylation sites (tertiary alicyclic amines) is 3. The van der Waals surface area contributed by atoms with E-state index in [1.807, 2.05) is 6.07 Å². The molecule has 414 valence electrons. The molecule has 4 saturated heterocycles. The fourth-order valence-corrected chi connectivity index (χ4v) is 11.8. The molecule has 0 spiro atoms. The lowest BCUT2D eigenvalue weighted by Gasteiger charge is -2.43. The number of nitrogens with zero attached hydrogens (tertiary/aromatic N) is 3. The molecule has 12 nitrogen and oxygen atoms in total. The third-order valence-electron chi connectivity index (χ3n) is 15.6. The number of piperidine rings is 4. The minimum atomic E-state index is -1.54. The summed E-state index contributed by atoms with van der Waals surface area (Å²) < 4.78 is 84.6. The van der Waals surface area contributed by atoms with Crippen LogP contribution in [0.4, 0.5) is 26.3 Å². The number of rotatable bonds is 11. The number of carbonyl (C=O) groups is 3. The van der Waals surface area contributed by atoms with Crippen LogP contribution in [0.3, 0.4) is 0 Å². The third-order valence-corrected chi connectivity index (χ3v) is 16.8. The van der Waals surface area contributed by atoms with Gasteiger partial charge in [0, 0.05) is 72.5 Å². The topological polar surface area (TPSA) is 164 Å². The molecule has 2 unspecified atom stereocenters. The molecule has 4 aliphatic rings. The summed E-state index contributed by atoms with van der Waals surface area (Å²) in [6.07, 6.45) is 16.5. The van der Waals surface area contributed by atoms with Crippen molar-refractivity contribution in [1.82, 2.24) is 30.0 Å². The number of para-hydroxylation sites is 2. The molecule has 2 atom stereocenters. The van der Waals surface area contributed by atoms with Crippen LogP contribution < -0.4 is 11.1 Å². The van der Waals surface area contributed by atoms with Crippen LogP contribution in [0.5, 0.6) is 0 Å². The fourth-order valence-electron chi connectivity index (χ4n) is 11.3. The minimum absolute atomic E-state index is 0.0592. The summed E-state index contributed by atoms with van der Waals surface area (Å²) in [5.41, 5.74) is 10.7. The number of fused-ring (bicyclic) bond motifs is 2. The number of benzene rings is 4. The van der Waals surface area contributed by atoms with Gasteiger partial charge >= 0.3 is 0 Å².